The van der Waals surface area contributed by atoms with Crippen LogP contribution in [0.25, 0.3) is 21.9 Å². The minimum atomic E-state index is -1.41. The number of aryl methyl sites for hydroxylation is 4. The number of benzene rings is 2. The number of carbonyl (C=O) groups is 2. The van der Waals surface area contributed by atoms with Gasteiger partial charge in [-0.1, -0.05) is 23.7 Å². The normalized spacial score (nSPS) is 14.1. The predicted molar refractivity (Wildman–Crippen MR) is 134 cm³/mol. The van der Waals surface area contributed by atoms with Gasteiger partial charge in [-0.25, -0.2) is 4.79 Å². The van der Waals surface area contributed by atoms with Crippen molar-refractivity contribution in [1.82, 2.24) is 5.32 Å². The first-order chi connectivity index (χ1) is 17.2. The van der Waals surface area contributed by atoms with Gasteiger partial charge in [-0.3, -0.25) is 4.79 Å². The van der Waals surface area contributed by atoms with E-state index in [4.69, 9.17) is 20.4 Å². The fourth-order valence-corrected chi connectivity index (χ4v) is 5.20. The Kier molecular flexibility index (Phi) is 6.35. The van der Waals surface area contributed by atoms with Crippen molar-refractivity contribution < 1.29 is 23.5 Å². The highest BCUT2D eigenvalue weighted by Crippen LogP contribution is 2.37. The van der Waals surface area contributed by atoms with Gasteiger partial charge in [0, 0.05) is 33.3 Å². The van der Waals surface area contributed by atoms with E-state index in [1.54, 1.807) is 31.2 Å². The third-order valence-corrected chi connectivity index (χ3v) is 7.29. The quantitative estimate of drug-likeness (QED) is 0.399. The van der Waals surface area contributed by atoms with Crippen LogP contribution >= 0.6 is 11.6 Å². The zero-order valence-corrected chi connectivity index (χ0v) is 20.8. The topological polar surface area (TPSA) is 113 Å². The number of furan rings is 1. The Hall–Kier alpha value is -3.58. The molecule has 1 amide bonds. The molecule has 0 saturated carbocycles. The molecule has 0 aliphatic heterocycles. The summed E-state index contributed by atoms with van der Waals surface area (Å²) >= 11 is 5.88. The first-order valence-corrected chi connectivity index (χ1v) is 12.4. The lowest BCUT2D eigenvalue weighted by Crippen LogP contribution is -2.49. The number of rotatable bonds is 6. The standard InChI is InChI=1S/C28H26ClNO6/c1-14-19-12-21-18-5-3-4-6-23(18)35-26(21)15(2)25(19)36-28(34)20(14)13-24(31)30-22(27(32)33)11-16-7-9-17(29)10-8-16/h7-10,12,22H,3-6,11,13H2,1-2H3,(H,30,31)(H,32,33)/p-1/t22-/m0/s1. The van der Waals surface area contributed by atoms with Gasteiger partial charge in [0.1, 0.15) is 16.9 Å². The Labute approximate surface area is 212 Å². The Morgan fingerprint density at radius 1 is 1.03 bits per heavy atom. The molecular weight excluding hydrogens is 482 g/mol. The summed E-state index contributed by atoms with van der Waals surface area (Å²) in [5.74, 6) is -1.03. The van der Waals surface area contributed by atoms with Gasteiger partial charge in [0.2, 0.25) is 5.91 Å². The van der Waals surface area contributed by atoms with Gasteiger partial charge in [0.15, 0.2) is 0 Å². The van der Waals surface area contributed by atoms with Gasteiger partial charge in [-0.2, -0.15) is 0 Å². The number of carbonyl (C=O) groups excluding carboxylic acids is 2. The second kappa shape index (κ2) is 9.47. The average molecular weight is 507 g/mol. The molecule has 0 spiro atoms. The summed E-state index contributed by atoms with van der Waals surface area (Å²) in [7, 11) is 0. The number of halogens is 1. The molecule has 0 bridgehead atoms. The van der Waals surface area contributed by atoms with Crippen LogP contribution in [0.3, 0.4) is 0 Å². The Morgan fingerprint density at radius 3 is 2.44 bits per heavy atom. The molecule has 2 aromatic heterocycles. The third kappa shape index (κ3) is 4.39. The number of fused-ring (bicyclic) bond motifs is 4. The molecule has 2 heterocycles. The molecule has 1 N–H and O–H groups in total. The molecule has 186 valence electrons. The lowest BCUT2D eigenvalue weighted by atomic mass is 9.93. The van der Waals surface area contributed by atoms with Gasteiger partial charge < -0.3 is 24.1 Å². The van der Waals surface area contributed by atoms with Crippen LogP contribution in [0.1, 0.15) is 46.4 Å². The van der Waals surface area contributed by atoms with E-state index in [0.717, 1.165) is 53.4 Å². The molecule has 1 atom stereocenters. The molecule has 7 nitrogen and oxygen atoms in total. The van der Waals surface area contributed by atoms with Crippen LogP contribution in [0, 0.1) is 13.8 Å². The van der Waals surface area contributed by atoms with Gasteiger partial charge in [0.05, 0.1) is 24.0 Å². The molecule has 2 aromatic carbocycles. The number of hydrogen-bond acceptors (Lipinski definition) is 6. The number of carboxylic acid groups (broad SMARTS) is 1. The third-order valence-electron chi connectivity index (χ3n) is 7.03. The summed E-state index contributed by atoms with van der Waals surface area (Å²) in [5, 5.41) is 16.4. The summed E-state index contributed by atoms with van der Waals surface area (Å²) in [6.07, 6.45) is 3.74. The fraction of sp³-hybridized carbons (Fsp3) is 0.321. The highest BCUT2D eigenvalue weighted by atomic mass is 35.5. The highest BCUT2D eigenvalue weighted by molar-refractivity contribution is 6.30. The lowest BCUT2D eigenvalue weighted by molar-refractivity contribution is -0.308. The Balaban J connectivity index is 1.46. The number of nitrogens with one attached hydrogen (secondary N) is 1. The lowest BCUT2D eigenvalue weighted by Gasteiger charge is -2.20. The number of carboxylic acids is 1. The summed E-state index contributed by atoms with van der Waals surface area (Å²) in [5.41, 5.74) is 4.01. The molecule has 0 saturated heterocycles. The van der Waals surface area contributed by atoms with Crippen molar-refractivity contribution in [3.63, 3.8) is 0 Å². The molecule has 4 aromatic rings. The fourth-order valence-electron chi connectivity index (χ4n) is 5.08. The monoisotopic (exact) mass is 506 g/mol. The van der Waals surface area contributed by atoms with E-state index in [0.29, 0.717) is 21.7 Å². The van der Waals surface area contributed by atoms with Gasteiger partial charge >= 0.3 is 5.63 Å². The van der Waals surface area contributed by atoms with E-state index >= 15 is 0 Å². The van der Waals surface area contributed by atoms with E-state index in [9.17, 15) is 19.5 Å². The second-order valence-corrected chi connectivity index (χ2v) is 9.84. The van der Waals surface area contributed by atoms with E-state index in [1.807, 2.05) is 13.0 Å². The predicted octanol–water partition coefficient (Wildman–Crippen LogP) is 3.71. The summed E-state index contributed by atoms with van der Waals surface area (Å²) < 4.78 is 11.8. The maximum atomic E-state index is 12.9. The van der Waals surface area contributed by atoms with Crippen molar-refractivity contribution in [3.8, 4) is 0 Å². The maximum absolute atomic E-state index is 12.9. The van der Waals surface area contributed by atoms with Crippen molar-refractivity contribution in [2.45, 2.75) is 58.4 Å². The molecule has 1 aliphatic rings. The second-order valence-electron chi connectivity index (χ2n) is 9.41. The average Bonchev–Trinajstić information content (AvgIpc) is 3.22. The van der Waals surface area contributed by atoms with Crippen LogP contribution in [0.5, 0.6) is 0 Å². The van der Waals surface area contributed by atoms with Crippen molar-refractivity contribution in [3.05, 3.63) is 79.4 Å². The Morgan fingerprint density at radius 2 is 1.72 bits per heavy atom. The van der Waals surface area contributed by atoms with Crippen LogP contribution in [0.15, 0.2) is 44.0 Å². The SMILES string of the molecule is Cc1c(CC(=O)N[C@@H](Cc2ccc(Cl)cc2)C(=O)[O-])c(=O)oc2c(C)c3oc4c(c3cc12)CCCC4. The summed E-state index contributed by atoms with van der Waals surface area (Å²) in [4.78, 5) is 37.4. The molecule has 1 aliphatic carbocycles. The molecule has 5 rings (SSSR count). The number of hydrogen-bond donors (Lipinski definition) is 1. The van der Waals surface area contributed by atoms with Crippen molar-refractivity contribution in [2.24, 2.45) is 0 Å². The first kappa shape index (κ1) is 24.1. The molecule has 8 heteroatoms. The molecular formula is C28H25ClNO6-. The van der Waals surface area contributed by atoms with E-state index in [1.165, 1.54) is 5.56 Å². The number of aliphatic carboxylic acids is 1. The van der Waals surface area contributed by atoms with Gasteiger partial charge in [-0.05, 0) is 68.9 Å². The van der Waals surface area contributed by atoms with Gasteiger partial charge in [-0.15, -0.1) is 0 Å². The van der Waals surface area contributed by atoms with Crippen LogP contribution < -0.4 is 16.0 Å². The van der Waals surface area contributed by atoms with Crippen LogP contribution in [-0.2, 0) is 35.3 Å². The van der Waals surface area contributed by atoms with E-state index < -0.39 is 23.5 Å². The zero-order valence-electron chi connectivity index (χ0n) is 20.0. The maximum Gasteiger partial charge on any atom is 0.340 e. The smallest absolute Gasteiger partial charge is 0.340 e. The minimum absolute atomic E-state index is 0.0271. The minimum Gasteiger partial charge on any atom is -0.548 e. The summed E-state index contributed by atoms with van der Waals surface area (Å²) in [6, 6.07) is 7.38. The van der Waals surface area contributed by atoms with Crippen LogP contribution in [-0.4, -0.2) is 17.9 Å². The highest BCUT2D eigenvalue weighted by Gasteiger charge is 2.24. The van der Waals surface area contributed by atoms with E-state index in [2.05, 4.69) is 5.32 Å². The zero-order chi connectivity index (χ0) is 25.6. The summed E-state index contributed by atoms with van der Waals surface area (Å²) in [6.45, 7) is 3.65. The van der Waals surface area contributed by atoms with Crippen LogP contribution in [0.4, 0.5) is 0 Å². The van der Waals surface area contributed by atoms with E-state index in [-0.39, 0.29) is 18.4 Å². The first-order valence-electron chi connectivity index (χ1n) is 12.0. The molecule has 0 fully saturated rings. The van der Waals surface area contributed by atoms with Crippen molar-refractivity contribution in [1.29, 1.82) is 0 Å². The molecule has 36 heavy (non-hydrogen) atoms. The number of amides is 1. The molecule has 0 radical (unpaired) electrons. The molecule has 0 unspecified atom stereocenters. The van der Waals surface area contributed by atoms with Crippen molar-refractivity contribution >= 4 is 45.4 Å². The van der Waals surface area contributed by atoms with Crippen LogP contribution in [0.2, 0.25) is 5.02 Å². The van der Waals surface area contributed by atoms with Crippen molar-refractivity contribution in [2.75, 3.05) is 0 Å². The van der Waals surface area contributed by atoms with Gasteiger partial charge in [0.25, 0.3) is 0 Å². The largest absolute Gasteiger partial charge is 0.548 e. The Bertz CT molecular complexity index is 1560.